The normalized spacial score (nSPS) is 10.3. The van der Waals surface area contributed by atoms with Gasteiger partial charge in [-0.3, -0.25) is 4.79 Å². The number of rotatable bonds is 9. The van der Waals surface area contributed by atoms with Gasteiger partial charge < -0.3 is 15.4 Å². The second-order valence-electron chi connectivity index (χ2n) is 6.41. The number of aromatic nitrogens is 2. The molecule has 1 heterocycles. The first-order chi connectivity index (χ1) is 13.7. The fourth-order valence-electron chi connectivity index (χ4n) is 2.76. The van der Waals surface area contributed by atoms with Crippen molar-refractivity contribution < 1.29 is 9.53 Å². The van der Waals surface area contributed by atoms with E-state index in [0.29, 0.717) is 12.4 Å². The molecule has 3 rings (SSSR count). The Bertz CT molecular complexity index is 912. The maximum Gasteiger partial charge on any atom is 0.280 e. The van der Waals surface area contributed by atoms with Gasteiger partial charge >= 0.3 is 0 Å². The van der Waals surface area contributed by atoms with Crippen molar-refractivity contribution in [3.05, 3.63) is 72.1 Å². The second kappa shape index (κ2) is 11.2. The number of carbonyl (C=O) groups is 1. The number of para-hydroxylation sites is 1. The summed E-state index contributed by atoms with van der Waals surface area (Å²) < 4.78 is 7.44. The summed E-state index contributed by atoms with van der Waals surface area (Å²) in [4.78, 5) is 12.9. The molecule has 0 bridgehead atoms. The molecule has 0 radical (unpaired) electrons. The van der Waals surface area contributed by atoms with Crippen molar-refractivity contribution in [1.29, 1.82) is 0 Å². The Kier molecular flexibility index (Phi) is 8.70. The minimum Gasteiger partial charge on any atom is -0.489 e. The lowest BCUT2D eigenvalue weighted by Gasteiger charge is -2.08. The Morgan fingerprint density at radius 3 is 2.62 bits per heavy atom. The maximum absolute atomic E-state index is 12.9. The third-order valence-corrected chi connectivity index (χ3v) is 4.14. The zero-order valence-electron chi connectivity index (χ0n) is 16.7. The molecule has 1 amide bonds. The smallest absolute Gasteiger partial charge is 0.280 e. The minimum atomic E-state index is -0.290. The van der Waals surface area contributed by atoms with Crippen molar-refractivity contribution in [2.45, 2.75) is 26.8 Å². The summed E-state index contributed by atoms with van der Waals surface area (Å²) >= 11 is 0. The van der Waals surface area contributed by atoms with Gasteiger partial charge in [0.2, 0.25) is 0 Å². The Balaban J connectivity index is 0.00000300. The highest BCUT2D eigenvalue weighted by molar-refractivity contribution is 6.04. The van der Waals surface area contributed by atoms with E-state index >= 15 is 0 Å². The van der Waals surface area contributed by atoms with Gasteiger partial charge in [-0.15, -0.1) is 12.4 Å². The Morgan fingerprint density at radius 2 is 1.90 bits per heavy atom. The molecule has 7 heteroatoms. The van der Waals surface area contributed by atoms with E-state index in [1.165, 1.54) is 0 Å². The van der Waals surface area contributed by atoms with Gasteiger partial charge in [-0.05, 0) is 42.8 Å². The lowest BCUT2D eigenvalue weighted by Crippen LogP contribution is -2.15. The van der Waals surface area contributed by atoms with Crippen LogP contribution in [0.15, 0.2) is 60.8 Å². The predicted molar refractivity (Wildman–Crippen MR) is 118 cm³/mol. The van der Waals surface area contributed by atoms with Crippen molar-refractivity contribution in [3.8, 4) is 11.4 Å². The number of nitrogens with zero attached hydrogens (tertiary/aromatic N) is 2. The van der Waals surface area contributed by atoms with Crippen LogP contribution in [0.3, 0.4) is 0 Å². The molecule has 2 aromatic carbocycles. The lowest BCUT2D eigenvalue weighted by atomic mass is 10.2. The lowest BCUT2D eigenvalue weighted by molar-refractivity contribution is 0.101. The van der Waals surface area contributed by atoms with Crippen molar-refractivity contribution in [3.63, 3.8) is 0 Å². The summed E-state index contributed by atoms with van der Waals surface area (Å²) in [7, 11) is 0. The highest BCUT2D eigenvalue weighted by atomic mass is 35.5. The van der Waals surface area contributed by atoms with Crippen LogP contribution in [0.5, 0.6) is 5.75 Å². The molecule has 0 aliphatic carbocycles. The number of benzene rings is 2. The van der Waals surface area contributed by atoms with Gasteiger partial charge in [-0.2, -0.15) is 5.10 Å². The summed E-state index contributed by atoms with van der Waals surface area (Å²) in [6.07, 6.45) is 2.60. The number of amides is 1. The second-order valence-corrected chi connectivity index (χ2v) is 6.41. The van der Waals surface area contributed by atoms with Crippen LogP contribution in [0.25, 0.3) is 5.69 Å². The Morgan fingerprint density at radius 1 is 1.10 bits per heavy atom. The van der Waals surface area contributed by atoms with Crippen LogP contribution >= 0.6 is 12.4 Å². The average Bonchev–Trinajstić information content (AvgIpc) is 3.16. The van der Waals surface area contributed by atoms with E-state index in [-0.39, 0.29) is 24.0 Å². The van der Waals surface area contributed by atoms with Crippen LogP contribution in [0, 0.1) is 0 Å². The molecule has 2 N–H and O–H groups in total. The molecule has 6 nitrogen and oxygen atoms in total. The number of halogens is 1. The highest BCUT2D eigenvalue weighted by Gasteiger charge is 2.19. The fourth-order valence-corrected chi connectivity index (χ4v) is 2.76. The summed E-state index contributed by atoms with van der Waals surface area (Å²) in [5.74, 6) is 0.188. The summed E-state index contributed by atoms with van der Waals surface area (Å²) in [6, 6.07) is 17.5. The third-order valence-electron chi connectivity index (χ3n) is 4.14. The molecule has 0 saturated carbocycles. The summed E-state index contributed by atoms with van der Waals surface area (Å²) in [5.41, 5.74) is 2.98. The SMILES string of the molecule is CCCOc1cn(-c2ccccc2)nc1C(=O)Nc1cccc(CNCC)c1.Cl. The molecule has 3 aromatic rings. The molecule has 0 aliphatic heterocycles. The molecular formula is C22H27ClN4O2. The van der Waals surface area contributed by atoms with E-state index in [0.717, 1.165) is 36.4 Å². The van der Waals surface area contributed by atoms with Gasteiger partial charge in [-0.1, -0.05) is 44.2 Å². The first kappa shape index (κ1) is 22.5. The van der Waals surface area contributed by atoms with Gasteiger partial charge in [0.1, 0.15) is 0 Å². The molecule has 0 fully saturated rings. The molecule has 0 aliphatic rings. The van der Waals surface area contributed by atoms with Crippen LogP contribution in [0.4, 0.5) is 5.69 Å². The zero-order valence-corrected chi connectivity index (χ0v) is 17.5. The van der Waals surface area contributed by atoms with Crippen LogP contribution in [0.2, 0.25) is 0 Å². The van der Waals surface area contributed by atoms with Crippen molar-refractivity contribution in [1.82, 2.24) is 15.1 Å². The highest BCUT2D eigenvalue weighted by Crippen LogP contribution is 2.22. The first-order valence-corrected chi connectivity index (χ1v) is 9.60. The number of nitrogens with one attached hydrogen (secondary N) is 2. The van der Waals surface area contributed by atoms with E-state index < -0.39 is 0 Å². The topological polar surface area (TPSA) is 68.2 Å². The van der Waals surface area contributed by atoms with Gasteiger partial charge in [-0.25, -0.2) is 4.68 Å². The number of carbonyl (C=O) groups excluding carboxylic acids is 1. The number of ether oxygens (including phenoxy) is 1. The monoisotopic (exact) mass is 414 g/mol. The number of anilines is 1. The predicted octanol–water partition coefficient (Wildman–Crippen LogP) is 4.44. The molecule has 1 aromatic heterocycles. The van der Waals surface area contributed by atoms with Crippen LogP contribution in [-0.2, 0) is 6.54 Å². The quantitative estimate of drug-likeness (QED) is 0.543. The van der Waals surface area contributed by atoms with Crippen molar-refractivity contribution >= 4 is 24.0 Å². The molecular weight excluding hydrogens is 388 g/mol. The zero-order chi connectivity index (χ0) is 19.8. The van der Waals surface area contributed by atoms with E-state index in [1.807, 2.05) is 61.5 Å². The molecule has 0 spiro atoms. The van der Waals surface area contributed by atoms with Gasteiger partial charge in [0.25, 0.3) is 5.91 Å². The average molecular weight is 415 g/mol. The molecule has 154 valence electrons. The molecule has 0 atom stereocenters. The summed E-state index contributed by atoms with van der Waals surface area (Å²) in [6.45, 7) is 6.27. The van der Waals surface area contributed by atoms with Crippen LogP contribution < -0.4 is 15.4 Å². The Hall–Kier alpha value is -2.83. The van der Waals surface area contributed by atoms with E-state index in [2.05, 4.69) is 22.7 Å². The van der Waals surface area contributed by atoms with Crippen molar-refractivity contribution in [2.24, 2.45) is 0 Å². The maximum atomic E-state index is 12.9. The first-order valence-electron chi connectivity index (χ1n) is 9.60. The Labute approximate surface area is 177 Å². The van der Waals surface area contributed by atoms with Gasteiger partial charge in [0.15, 0.2) is 11.4 Å². The molecule has 29 heavy (non-hydrogen) atoms. The van der Waals surface area contributed by atoms with E-state index in [9.17, 15) is 4.79 Å². The van der Waals surface area contributed by atoms with Gasteiger partial charge in [0.05, 0.1) is 18.5 Å². The van der Waals surface area contributed by atoms with Crippen molar-refractivity contribution in [2.75, 3.05) is 18.5 Å². The number of hydrogen-bond donors (Lipinski definition) is 2. The molecule has 0 saturated heterocycles. The summed E-state index contributed by atoms with van der Waals surface area (Å²) in [5, 5.41) is 10.7. The van der Waals surface area contributed by atoms with E-state index in [4.69, 9.17) is 4.74 Å². The number of hydrogen-bond acceptors (Lipinski definition) is 4. The van der Waals surface area contributed by atoms with Crippen LogP contribution in [-0.4, -0.2) is 28.8 Å². The van der Waals surface area contributed by atoms with E-state index in [1.54, 1.807) is 10.9 Å². The molecule has 0 unspecified atom stereocenters. The standard InChI is InChI=1S/C22H26N4O2.ClH/c1-3-13-28-20-16-26(19-11-6-5-7-12-19)25-21(20)22(27)24-18-10-8-9-17(14-18)15-23-4-2;/h5-12,14,16,23H,3-4,13,15H2,1-2H3,(H,24,27);1H. The minimum absolute atomic E-state index is 0. The van der Waals surface area contributed by atoms with Gasteiger partial charge in [0, 0.05) is 12.2 Å². The third kappa shape index (κ3) is 6.07. The fraction of sp³-hybridized carbons (Fsp3) is 0.273. The van der Waals surface area contributed by atoms with Crippen LogP contribution in [0.1, 0.15) is 36.3 Å². The largest absolute Gasteiger partial charge is 0.489 e.